The Morgan fingerprint density at radius 1 is 1.11 bits per heavy atom. The summed E-state index contributed by atoms with van der Waals surface area (Å²) < 4.78 is 13.4. The van der Waals surface area contributed by atoms with Crippen molar-refractivity contribution in [3.8, 4) is 0 Å². The molecular weight excluding hydrogens is 516 g/mol. The summed E-state index contributed by atoms with van der Waals surface area (Å²) in [5.41, 5.74) is 17.1. The minimum absolute atomic E-state index is 0. The summed E-state index contributed by atoms with van der Waals surface area (Å²) in [5, 5.41) is 23.1. The molecule has 0 bridgehead atoms. The Labute approximate surface area is 263 Å². The molecule has 38 heavy (non-hydrogen) atoms. The van der Waals surface area contributed by atoms with Crippen LogP contribution in [-0.4, -0.2) is 36.9 Å². The van der Waals surface area contributed by atoms with Crippen molar-refractivity contribution in [3.63, 3.8) is 0 Å². The number of anilines is 3. The van der Waals surface area contributed by atoms with Gasteiger partial charge in [-0.25, -0.2) is 9.18 Å². The van der Waals surface area contributed by atoms with E-state index in [9.17, 15) is 14.3 Å². The Morgan fingerprint density at radius 3 is 2.39 bits per heavy atom. The molecule has 0 aliphatic rings. The number of hydrogen-bond donors (Lipinski definition) is 6. The van der Waals surface area contributed by atoms with E-state index in [1.54, 1.807) is 24.3 Å². The van der Waals surface area contributed by atoms with Crippen LogP contribution in [0.15, 0.2) is 89.7 Å². The van der Waals surface area contributed by atoms with Gasteiger partial charge in [0.25, 0.3) is 0 Å². The summed E-state index contributed by atoms with van der Waals surface area (Å²) in [4.78, 5) is 20.6. The number of nitrogen functional groups attached to an aromatic ring is 1. The first-order valence-electron chi connectivity index (χ1n) is 11.1. The first-order chi connectivity index (χ1) is 17.9. The number of carbonyl (C=O) groups excluding carboxylic acids is 2. The number of aliphatic hydroxyl groups excluding tert-OH is 1. The second kappa shape index (κ2) is 17.9. The van der Waals surface area contributed by atoms with Gasteiger partial charge >= 0.3 is 57.4 Å². The van der Waals surface area contributed by atoms with Crippen molar-refractivity contribution in [2.45, 2.75) is 6.54 Å². The predicted molar refractivity (Wildman–Crippen MR) is 145 cm³/mol. The molecule has 0 spiro atoms. The molecular formula is C26H29FKN7O3. The number of carbonyl (C=O) groups is 2. The zero-order valence-corrected chi connectivity index (χ0v) is 24.3. The third-order valence-electron chi connectivity index (χ3n) is 4.76. The van der Waals surface area contributed by atoms with Crippen molar-refractivity contribution in [1.29, 1.82) is 0 Å². The number of nitrogens with two attached hydrogens (primary N) is 2. The largest absolute Gasteiger partial charge is 1.00 e. The molecule has 194 valence electrons. The molecule has 3 rings (SSSR count). The standard InChI is InChI=1S/C25H26FN6O2.CH3NO.K/c1-28-32-24(23(33)13-14-29-22-15-19(26)11-12-21(22)27)18-9-7-17(8-10-18)16-30-25(34)31-20-5-3-2-4-6-20;2-1-3;/h2-13,15,29,33H,14,16,27H2,1H3,(H2,30,31,34);1H,(H2,2,3);/q-1;;+1/b23-13-,32-24+;;. The summed E-state index contributed by atoms with van der Waals surface area (Å²) in [5.74, 6) is -0.509. The molecule has 0 unspecified atom stereocenters. The third-order valence-corrected chi connectivity index (χ3v) is 4.76. The number of benzene rings is 3. The van der Waals surface area contributed by atoms with Gasteiger partial charge in [0.1, 0.15) is 11.6 Å². The van der Waals surface area contributed by atoms with Gasteiger partial charge in [0.15, 0.2) is 0 Å². The first-order valence-corrected chi connectivity index (χ1v) is 11.1. The molecule has 0 radical (unpaired) electrons. The predicted octanol–water partition coefficient (Wildman–Crippen LogP) is 1.10. The fraction of sp³-hybridized carbons (Fsp3) is 0.115. The molecule has 10 nitrogen and oxygen atoms in total. The van der Waals surface area contributed by atoms with Crippen LogP contribution in [0.2, 0.25) is 0 Å². The number of rotatable bonds is 9. The van der Waals surface area contributed by atoms with Crippen LogP contribution in [0.1, 0.15) is 11.1 Å². The Hall–Kier alpha value is -3.42. The van der Waals surface area contributed by atoms with Crippen molar-refractivity contribution in [2.24, 2.45) is 10.8 Å². The van der Waals surface area contributed by atoms with Crippen LogP contribution in [0.25, 0.3) is 5.43 Å². The van der Waals surface area contributed by atoms with Crippen molar-refractivity contribution in [3.05, 3.63) is 107 Å². The van der Waals surface area contributed by atoms with Crippen LogP contribution < -0.4 is 78.8 Å². The Morgan fingerprint density at radius 2 is 1.76 bits per heavy atom. The van der Waals surface area contributed by atoms with Crippen LogP contribution in [0.4, 0.5) is 26.2 Å². The van der Waals surface area contributed by atoms with E-state index < -0.39 is 5.82 Å². The van der Waals surface area contributed by atoms with Gasteiger partial charge in [-0.05, 0) is 42.0 Å². The smallest absolute Gasteiger partial charge is 0.604 e. The molecule has 3 amide bonds. The maximum Gasteiger partial charge on any atom is 1.00 e. The molecule has 12 heteroatoms. The number of nitrogens with one attached hydrogen (secondary N) is 3. The summed E-state index contributed by atoms with van der Waals surface area (Å²) >= 11 is 0. The molecule has 0 heterocycles. The van der Waals surface area contributed by atoms with Crippen molar-refractivity contribution >= 4 is 35.2 Å². The number of amides is 3. The van der Waals surface area contributed by atoms with E-state index in [1.807, 2.05) is 30.3 Å². The van der Waals surface area contributed by atoms with E-state index in [2.05, 4.69) is 32.2 Å². The third kappa shape index (κ3) is 11.3. The number of para-hydroxylation sites is 1. The molecule has 0 aliphatic heterocycles. The Balaban J connectivity index is 0.00000172. The minimum Gasteiger partial charge on any atom is -0.604 e. The molecule has 0 saturated heterocycles. The van der Waals surface area contributed by atoms with Crippen LogP contribution in [0.5, 0.6) is 0 Å². The molecule has 0 aromatic heterocycles. The number of primary amides is 1. The maximum absolute atomic E-state index is 13.4. The van der Waals surface area contributed by atoms with E-state index in [4.69, 9.17) is 10.5 Å². The molecule has 3 aromatic carbocycles. The summed E-state index contributed by atoms with van der Waals surface area (Å²) in [6.45, 7) is 0.519. The average molecular weight is 546 g/mol. The van der Waals surface area contributed by atoms with Crippen LogP contribution in [0, 0.1) is 5.82 Å². The second-order valence-electron chi connectivity index (χ2n) is 7.36. The second-order valence-corrected chi connectivity index (χ2v) is 7.36. The molecule has 8 N–H and O–H groups in total. The minimum atomic E-state index is -0.413. The zero-order valence-electron chi connectivity index (χ0n) is 21.2. The zero-order chi connectivity index (χ0) is 27.0. The fourth-order valence-corrected chi connectivity index (χ4v) is 3.05. The number of allylic oxidation sites excluding steroid dienone is 1. The summed E-state index contributed by atoms with van der Waals surface area (Å²) in [6.07, 6.45) is 1.75. The Bertz CT molecular complexity index is 1220. The van der Waals surface area contributed by atoms with E-state index in [0.29, 0.717) is 29.2 Å². The Kier molecular flexibility index (Phi) is 15.4. The number of aliphatic hydroxyl groups is 1. The summed E-state index contributed by atoms with van der Waals surface area (Å²) in [6, 6.07) is 20.1. The van der Waals surface area contributed by atoms with Crippen LogP contribution in [-0.2, 0) is 11.3 Å². The summed E-state index contributed by atoms with van der Waals surface area (Å²) in [7, 11) is 1.50. The van der Waals surface area contributed by atoms with Crippen molar-refractivity contribution in [2.75, 3.05) is 30.0 Å². The van der Waals surface area contributed by atoms with Gasteiger partial charge in [0.2, 0.25) is 6.41 Å². The maximum atomic E-state index is 13.4. The number of hydrogen-bond acceptors (Lipinski definition) is 6. The quantitative estimate of drug-likeness (QED) is 0.0590. The molecule has 3 aromatic rings. The van der Waals surface area contributed by atoms with Gasteiger partial charge in [-0.3, -0.25) is 4.79 Å². The topological polar surface area (TPSA) is 169 Å². The number of nitrogens with zero attached hydrogens (tertiary/aromatic N) is 2. The van der Waals surface area contributed by atoms with Crippen molar-refractivity contribution in [1.82, 2.24) is 5.32 Å². The van der Waals surface area contributed by atoms with Gasteiger partial charge in [-0.1, -0.05) is 42.5 Å². The van der Waals surface area contributed by atoms with E-state index in [0.717, 1.165) is 5.56 Å². The molecule has 0 atom stereocenters. The van der Waals surface area contributed by atoms with Crippen molar-refractivity contribution < 1.29 is 70.5 Å². The molecule has 0 fully saturated rings. The first kappa shape index (κ1) is 32.6. The molecule has 0 aliphatic carbocycles. The van der Waals surface area contributed by atoms with E-state index in [1.165, 1.54) is 31.3 Å². The van der Waals surface area contributed by atoms with Gasteiger partial charge in [0.05, 0.1) is 17.1 Å². The average Bonchev–Trinajstić information content (AvgIpc) is 2.89. The van der Waals surface area contributed by atoms with Crippen LogP contribution >= 0.6 is 0 Å². The van der Waals surface area contributed by atoms with Gasteiger partial charge in [0, 0.05) is 24.3 Å². The number of halogens is 1. The van der Waals surface area contributed by atoms with Crippen LogP contribution in [0.3, 0.4) is 0 Å². The normalized spacial score (nSPS) is 10.7. The van der Waals surface area contributed by atoms with Gasteiger partial charge < -0.3 is 43.1 Å². The van der Waals surface area contributed by atoms with Gasteiger partial charge in [-0.15, -0.1) is 7.05 Å². The molecule has 0 saturated carbocycles. The monoisotopic (exact) mass is 545 g/mol. The van der Waals surface area contributed by atoms with E-state index in [-0.39, 0.29) is 81.8 Å². The number of urea groups is 1. The van der Waals surface area contributed by atoms with Gasteiger partial charge in [-0.2, -0.15) is 0 Å². The SMILES string of the molecule is C[N-]/N=C(/C(O)=C/CNc1cc(F)ccc1N)c1ccc(CNC(=O)Nc2ccccc2)cc1.NC=O.[K+]. The van der Waals surface area contributed by atoms with E-state index >= 15 is 0 Å². The fourth-order valence-electron chi connectivity index (χ4n) is 3.05.